The number of benzene rings is 2. The Labute approximate surface area is 157 Å². The maximum absolute atomic E-state index is 13.2. The van der Waals surface area contributed by atoms with Crippen molar-refractivity contribution in [1.82, 2.24) is 4.90 Å². The minimum Gasteiger partial charge on any atom is -0.452 e. The van der Waals surface area contributed by atoms with Crippen molar-refractivity contribution in [3.05, 3.63) is 71.0 Å². The SMILES string of the molecule is CN(Cc1cccc(F)c1)C(=O)COC(=O)c1ccc(CS(C)(=O)=O)cc1. The summed E-state index contributed by atoms with van der Waals surface area (Å²) in [5.41, 5.74) is 1.39. The first-order valence-electron chi connectivity index (χ1n) is 8.06. The molecule has 0 spiro atoms. The third kappa shape index (κ3) is 6.82. The van der Waals surface area contributed by atoms with Gasteiger partial charge < -0.3 is 9.64 Å². The third-order valence-corrected chi connectivity index (χ3v) is 4.54. The molecule has 144 valence electrons. The van der Waals surface area contributed by atoms with Gasteiger partial charge in [0.2, 0.25) is 0 Å². The van der Waals surface area contributed by atoms with Gasteiger partial charge >= 0.3 is 5.97 Å². The van der Waals surface area contributed by atoms with Crippen LogP contribution >= 0.6 is 0 Å². The van der Waals surface area contributed by atoms with E-state index >= 15 is 0 Å². The maximum Gasteiger partial charge on any atom is 0.338 e. The Bertz CT molecular complexity index is 925. The van der Waals surface area contributed by atoms with Gasteiger partial charge in [0, 0.05) is 19.8 Å². The number of carbonyl (C=O) groups excluding carboxylic acids is 2. The topological polar surface area (TPSA) is 80.8 Å². The molecule has 2 rings (SSSR count). The summed E-state index contributed by atoms with van der Waals surface area (Å²) in [6.07, 6.45) is 1.13. The van der Waals surface area contributed by atoms with Gasteiger partial charge in [0.05, 0.1) is 11.3 Å². The molecule has 27 heavy (non-hydrogen) atoms. The van der Waals surface area contributed by atoms with Crippen LogP contribution in [0.15, 0.2) is 48.5 Å². The largest absolute Gasteiger partial charge is 0.452 e. The number of likely N-dealkylation sites (N-methyl/N-ethyl adjacent to an activating group) is 1. The molecule has 0 saturated carbocycles. The van der Waals surface area contributed by atoms with Crippen LogP contribution in [0.4, 0.5) is 4.39 Å². The van der Waals surface area contributed by atoms with Gasteiger partial charge in [-0.25, -0.2) is 17.6 Å². The van der Waals surface area contributed by atoms with E-state index in [2.05, 4.69) is 0 Å². The van der Waals surface area contributed by atoms with Crippen LogP contribution in [0.5, 0.6) is 0 Å². The molecule has 0 unspecified atom stereocenters. The lowest BCUT2D eigenvalue weighted by Crippen LogP contribution is -2.30. The summed E-state index contributed by atoms with van der Waals surface area (Å²) < 4.78 is 40.7. The number of carbonyl (C=O) groups is 2. The monoisotopic (exact) mass is 393 g/mol. The Balaban J connectivity index is 1.87. The molecule has 0 aliphatic heterocycles. The summed E-state index contributed by atoms with van der Waals surface area (Å²) in [6.45, 7) is -0.260. The maximum atomic E-state index is 13.2. The molecule has 2 aromatic rings. The van der Waals surface area contributed by atoms with Crippen molar-refractivity contribution in [2.24, 2.45) is 0 Å². The number of sulfone groups is 1. The molecule has 0 heterocycles. The fourth-order valence-corrected chi connectivity index (χ4v) is 3.16. The Hall–Kier alpha value is -2.74. The number of ether oxygens (including phenoxy) is 1. The molecule has 0 aliphatic rings. The zero-order valence-corrected chi connectivity index (χ0v) is 15.8. The van der Waals surface area contributed by atoms with Crippen LogP contribution in [0, 0.1) is 5.82 Å². The molecule has 6 nitrogen and oxygen atoms in total. The van der Waals surface area contributed by atoms with Crippen LogP contribution < -0.4 is 0 Å². The van der Waals surface area contributed by atoms with E-state index in [1.807, 2.05) is 0 Å². The fourth-order valence-electron chi connectivity index (χ4n) is 2.36. The molecule has 0 N–H and O–H groups in total. The van der Waals surface area contributed by atoms with Crippen LogP contribution in [0.25, 0.3) is 0 Å². The smallest absolute Gasteiger partial charge is 0.338 e. The molecule has 0 radical (unpaired) electrons. The molecule has 0 aliphatic carbocycles. The quantitative estimate of drug-likeness (QED) is 0.674. The van der Waals surface area contributed by atoms with Gasteiger partial charge in [0.25, 0.3) is 5.91 Å². The average molecular weight is 393 g/mol. The number of rotatable bonds is 7. The van der Waals surface area contributed by atoms with Crippen molar-refractivity contribution in [2.75, 3.05) is 19.9 Å². The summed E-state index contributed by atoms with van der Waals surface area (Å²) in [7, 11) is -1.63. The number of hydrogen-bond donors (Lipinski definition) is 0. The lowest BCUT2D eigenvalue weighted by Gasteiger charge is -2.17. The summed E-state index contributed by atoms with van der Waals surface area (Å²) in [5.74, 6) is -1.63. The van der Waals surface area contributed by atoms with E-state index in [4.69, 9.17) is 4.74 Å². The van der Waals surface area contributed by atoms with Gasteiger partial charge in [-0.2, -0.15) is 0 Å². The van der Waals surface area contributed by atoms with E-state index in [9.17, 15) is 22.4 Å². The Kier molecular flexibility index (Phi) is 6.68. The van der Waals surface area contributed by atoms with Gasteiger partial charge in [0.15, 0.2) is 16.4 Å². The summed E-state index contributed by atoms with van der Waals surface area (Å²) in [6, 6.07) is 11.8. The van der Waals surface area contributed by atoms with Crippen molar-refractivity contribution in [1.29, 1.82) is 0 Å². The highest BCUT2D eigenvalue weighted by Gasteiger charge is 2.14. The van der Waals surface area contributed by atoms with Crippen LogP contribution in [-0.4, -0.2) is 45.1 Å². The predicted octanol–water partition coefficient (Wildman–Crippen LogP) is 2.19. The molecule has 0 fully saturated rings. The van der Waals surface area contributed by atoms with Gasteiger partial charge in [0.1, 0.15) is 5.82 Å². The number of amides is 1. The van der Waals surface area contributed by atoms with E-state index in [1.54, 1.807) is 12.1 Å². The Morgan fingerprint density at radius 2 is 1.74 bits per heavy atom. The standard InChI is InChI=1S/C19H20FNO5S/c1-21(11-15-4-3-5-17(20)10-15)18(22)12-26-19(23)16-8-6-14(7-9-16)13-27(2,24)25/h3-10H,11-13H2,1-2H3. The first-order chi connectivity index (χ1) is 12.6. The third-order valence-electron chi connectivity index (χ3n) is 3.68. The molecule has 0 aromatic heterocycles. The van der Waals surface area contributed by atoms with Crippen molar-refractivity contribution in [3.8, 4) is 0 Å². The molecular formula is C19H20FNO5S. The number of hydrogen-bond acceptors (Lipinski definition) is 5. The van der Waals surface area contributed by atoms with Crippen molar-refractivity contribution in [3.63, 3.8) is 0 Å². The minimum absolute atomic E-state index is 0.119. The Morgan fingerprint density at radius 3 is 2.33 bits per heavy atom. The first kappa shape index (κ1) is 20.6. The minimum atomic E-state index is -3.16. The first-order valence-corrected chi connectivity index (χ1v) is 10.1. The van der Waals surface area contributed by atoms with Gasteiger partial charge in [-0.15, -0.1) is 0 Å². The Morgan fingerprint density at radius 1 is 1.07 bits per heavy atom. The molecule has 0 atom stereocenters. The summed E-state index contributed by atoms with van der Waals surface area (Å²) >= 11 is 0. The zero-order valence-electron chi connectivity index (χ0n) is 15.0. The molecule has 0 saturated heterocycles. The molecule has 2 aromatic carbocycles. The van der Waals surface area contributed by atoms with Gasteiger partial charge in [-0.1, -0.05) is 24.3 Å². The number of nitrogens with zero attached hydrogens (tertiary/aromatic N) is 1. The second-order valence-electron chi connectivity index (χ2n) is 6.22. The van der Waals surface area contributed by atoms with Crippen molar-refractivity contribution < 1.29 is 27.1 Å². The van der Waals surface area contributed by atoms with Gasteiger partial charge in [-0.3, -0.25) is 4.79 Å². The second kappa shape index (κ2) is 8.77. The highest BCUT2D eigenvalue weighted by Crippen LogP contribution is 2.10. The molecule has 0 bridgehead atoms. The van der Waals surface area contributed by atoms with E-state index in [-0.39, 0.29) is 23.7 Å². The highest BCUT2D eigenvalue weighted by molar-refractivity contribution is 7.89. The number of esters is 1. The molecular weight excluding hydrogens is 373 g/mol. The lowest BCUT2D eigenvalue weighted by molar-refractivity contribution is -0.133. The van der Waals surface area contributed by atoms with Crippen LogP contribution in [0.1, 0.15) is 21.5 Å². The van der Waals surface area contributed by atoms with Crippen molar-refractivity contribution >= 4 is 21.7 Å². The van der Waals surface area contributed by atoms with E-state index in [0.717, 1.165) is 6.26 Å². The normalized spacial score (nSPS) is 11.1. The van der Waals surface area contributed by atoms with Crippen molar-refractivity contribution in [2.45, 2.75) is 12.3 Å². The van der Waals surface area contributed by atoms with Gasteiger partial charge in [-0.05, 0) is 35.4 Å². The second-order valence-corrected chi connectivity index (χ2v) is 8.36. The van der Waals surface area contributed by atoms with E-state index in [1.165, 1.54) is 48.3 Å². The van der Waals surface area contributed by atoms with Crippen LogP contribution in [-0.2, 0) is 31.7 Å². The lowest BCUT2D eigenvalue weighted by atomic mass is 10.1. The fraction of sp³-hybridized carbons (Fsp3) is 0.263. The van der Waals surface area contributed by atoms with E-state index < -0.39 is 28.3 Å². The summed E-state index contributed by atoms with van der Waals surface area (Å²) in [5, 5.41) is 0. The summed E-state index contributed by atoms with van der Waals surface area (Å²) in [4.78, 5) is 25.4. The van der Waals surface area contributed by atoms with E-state index in [0.29, 0.717) is 11.1 Å². The van der Waals surface area contributed by atoms with Crippen LogP contribution in [0.3, 0.4) is 0 Å². The zero-order chi connectivity index (χ0) is 20.0. The molecule has 1 amide bonds. The van der Waals surface area contributed by atoms with Crippen LogP contribution in [0.2, 0.25) is 0 Å². The predicted molar refractivity (Wildman–Crippen MR) is 98.1 cm³/mol. The number of halogens is 1. The average Bonchev–Trinajstić information content (AvgIpc) is 2.58. The highest BCUT2D eigenvalue weighted by atomic mass is 32.2. The molecule has 8 heteroatoms.